The molecule has 17 heavy (non-hydrogen) atoms. The van der Waals surface area contributed by atoms with Gasteiger partial charge < -0.3 is 10.2 Å². The molecule has 0 fully saturated rings. The Morgan fingerprint density at radius 1 is 1.35 bits per heavy atom. The van der Waals surface area contributed by atoms with Crippen LogP contribution in [-0.4, -0.2) is 31.4 Å². The van der Waals surface area contributed by atoms with Gasteiger partial charge in [-0.05, 0) is 24.6 Å². The quantitative estimate of drug-likeness (QED) is 0.803. The molecule has 0 aliphatic rings. The first kappa shape index (κ1) is 13.4. The Kier molecular flexibility index (Phi) is 4.87. The van der Waals surface area contributed by atoms with Gasteiger partial charge in [-0.1, -0.05) is 0 Å². The monoisotopic (exact) mass is 242 g/mol. The summed E-state index contributed by atoms with van der Waals surface area (Å²) >= 11 is 0. The molecule has 1 aromatic carbocycles. The summed E-state index contributed by atoms with van der Waals surface area (Å²) in [5.41, 5.74) is 0.127. The molecular weight excluding hydrogens is 226 g/mol. The van der Waals surface area contributed by atoms with Crippen LogP contribution in [-0.2, 0) is 4.79 Å². The number of hydrogen-bond acceptors (Lipinski definition) is 2. The van der Waals surface area contributed by atoms with Crippen molar-refractivity contribution in [2.24, 2.45) is 0 Å². The van der Waals surface area contributed by atoms with Crippen LogP contribution in [0.5, 0.6) is 0 Å². The minimum Gasteiger partial charge on any atom is -0.383 e. The minimum absolute atomic E-state index is 0.0199. The number of nitrogens with zero attached hydrogens (tertiary/aromatic N) is 1. The molecule has 0 bridgehead atoms. The minimum atomic E-state index is -0.495. The number of carbonyl (C=O) groups excluding carboxylic acids is 1. The molecule has 0 saturated heterocycles. The number of halogens is 2. The van der Waals surface area contributed by atoms with E-state index in [0.29, 0.717) is 19.4 Å². The molecule has 1 aromatic rings. The molecule has 0 aliphatic carbocycles. The van der Waals surface area contributed by atoms with Gasteiger partial charge in [-0.3, -0.25) is 4.79 Å². The lowest BCUT2D eigenvalue weighted by molar-refractivity contribution is -0.128. The molecule has 0 radical (unpaired) electrons. The summed E-state index contributed by atoms with van der Waals surface area (Å²) in [6.45, 7) is 0.431. The van der Waals surface area contributed by atoms with Gasteiger partial charge in [0.25, 0.3) is 0 Å². The largest absolute Gasteiger partial charge is 0.383 e. The van der Waals surface area contributed by atoms with E-state index in [1.165, 1.54) is 4.90 Å². The van der Waals surface area contributed by atoms with Crippen LogP contribution in [0.3, 0.4) is 0 Å². The maximum Gasteiger partial charge on any atom is 0.222 e. The van der Waals surface area contributed by atoms with E-state index >= 15 is 0 Å². The van der Waals surface area contributed by atoms with Gasteiger partial charge in [0.1, 0.15) is 11.6 Å². The fourth-order valence-corrected chi connectivity index (χ4v) is 1.32. The van der Waals surface area contributed by atoms with Crippen molar-refractivity contribution in [3.05, 3.63) is 29.8 Å². The number of nitrogens with one attached hydrogen (secondary N) is 1. The van der Waals surface area contributed by atoms with Gasteiger partial charge in [-0.15, -0.1) is 0 Å². The van der Waals surface area contributed by atoms with Crippen LogP contribution >= 0.6 is 0 Å². The average molecular weight is 242 g/mol. The average Bonchev–Trinajstić information content (AvgIpc) is 2.28. The summed E-state index contributed by atoms with van der Waals surface area (Å²) in [5.74, 6) is -0.963. The van der Waals surface area contributed by atoms with E-state index in [1.54, 1.807) is 14.1 Å². The van der Waals surface area contributed by atoms with E-state index in [4.69, 9.17) is 0 Å². The van der Waals surface area contributed by atoms with E-state index in [1.807, 2.05) is 0 Å². The topological polar surface area (TPSA) is 32.3 Å². The Labute approximate surface area is 99.4 Å². The second-order valence-electron chi connectivity index (χ2n) is 3.94. The lowest BCUT2D eigenvalue weighted by atomic mass is 10.2. The Balaban J connectivity index is 2.36. The highest BCUT2D eigenvalue weighted by molar-refractivity contribution is 5.75. The molecule has 0 unspecified atom stereocenters. The maximum absolute atomic E-state index is 13.2. The van der Waals surface area contributed by atoms with Crippen LogP contribution in [0.25, 0.3) is 0 Å². The van der Waals surface area contributed by atoms with Crippen LogP contribution in [0.1, 0.15) is 12.8 Å². The predicted molar refractivity (Wildman–Crippen MR) is 62.8 cm³/mol. The molecule has 0 aliphatic heterocycles. The fraction of sp³-hybridized carbons (Fsp3) is 0.417. The van der Waals surface area contributed by atoms with Crippen molar-refractivity contribution in [1.29, 1.82) is 0 Å². The second kappa shape index (κ2) is 6.18. The lowest BCUT2D eigenvalue weighted by Crippen LogP contribution is -2.22. The summed E-state index contributed by atoms with van der Waals surface area (Å²) in [5, 5.41) is 2.76. The number of anilines is 1. The third-order valence-corrected chi connectivity index (χ3v) is 2.31. The van der Waals surface area contributed by atoms with Gasteiger partial charge in [0.2, 0.25) is 5.91 Å². The Morgan fingerprint density at radius 2 is 2.06 bits per heavy atom. The number of rotatable bonds is 5. The highest BCUT2D eigenvalue weighted by Gasteiger charge is 2.05. The van der Waals surface area contributed by atoms with E-state index in [2.05, 4.69) is 5.32 Å². The van der Waals surface area contributed by atoms with Crippen molar-refractivity contribution >= 4 is 11.6 Å². The van der Waals surface area contributed by atoms with E-state index in [9.17, 15) is 13.6 Å². The molecule has 3 nitrogen and oxygen atoms in total. The third-order valence-electron chi connectivity index (χ3n) is 2.31. The molecular formula is C12H16F2N2O. The second-order valence-corrected chi connectivity index (χ2v) is 3.94. The number of hydrogen-bond donors (Lipinski definition) is 1. The van der Waals surface area contributed by atoms with Gasteiger partial charge in [-0.2, -0.15) is 0 Å². The van der Waals surface area contributed by atoms with Crippen molar-refractivity contribution in [3.8, 4) is 0 Å². The Morgan fingerprint density at radius 3 is 2.71 bits per heavy atom. The van der Waals surface area contributed by atoms with E-state index < -0.39 is 11.6 Å². The third kappa shape index (κ3) is 4.38. The smallest absolute Gasteiger partial charge is 0.222 e. The molecule has 1 N–H and O–H groups in total. The SMILES string of the molecule is CN(C)C(=O)CCCNc1cc(F)ccc1F. The molecule has 1 amide bonds. The van der Waals surface area contributed by atoms with Crippen molar-refractivity contribution < 1.29 is 13.6 Å². The van der Waals surface area contributed by atoms with E-state index in [0.717, 1.165) is 18.2 Å². The highest BCUT2D eigenvalue weighted by Crippen LogP contribution is 2.15. The standard InChI is InChI=1S/C12H16F2N2O/c1-16(2)12(17)4-3-7-15-11-8-9(13)5-6-10(11)14/h5-6,8,15H,3-4,7H2,1-2H3. The summed E-state index contributed by atoms with van der Waals surface area (Å²) in [4.78, 5) is 12.7. The summed E-state index contributed by atoms with van der Waals surface area (Å²) < 4.78 is 26.0. The molecule has 1 rings (SSSR count). The number of benzene rings is 1. The maximum atomic E-state index is 13.2. The van der Waals surface area contributed by atoms with Crippen molar-refractivity contribution in [1.82, 2.24) is 4.90 Å². The Bertz CT molecular complexity index is 394. The molecule has 5 heteroatoms. The van der Waals surface area contributed by atoms with Gasteiger partial charge in [0, 0.05) is 27.1 Å². The van der Waals surface area contributed by atoms with Crippen molar-refractivity contribution in [2.75, 3.05) is 26.0 Å². The zero-order valence-electron chi connectivity index (χ0n) is 9.96. The number of amides is 1. The predicted octanol–water partition coefficient (Wildman–Crippen LogP) is 2.25. The normalized spacial score (nSPS) is 10.1. The first-order valence-corrected chi connectivity index (χ1v) is 5.40. The van der Waals surface area contributed by atoms with Crippen LogP contribution in [0.15, 0.2) is 18.2 Å². The summed E-state index contributed by atoms with van der Waals surface area (Å²) in [6, 6.07) is 3.24. The van der Waals surface area contributed by atoms with Gasteiger partial charge in [0.05, 0.1) is 5.69 Å². The molecule has 0 atom stereocenters. The zero-order valence-corrected chi connectivity index (χ0v) is 9.96. The number of carbonyl (C=O) groups is 1. The molecule has 0 aromatic heterocycles. The fourth-order valence-electron chi connectivity index (χ4n) is 1.32. The zero-order chi connectivity index (χ0) is 12.8. The van der Waals surface area contributed by atoms with Crippen LogP contribution in [0.2, 0.25) is 0 Å². The van der Waals surface area contributed by atoms with E-state index in [-0.39, 0.29) is 11.6 Å². The lowest BCUT2D eigenvalue weighted by Gasteiger charge is -2.11. The molecule has 94 valence electrons. The van der Waals surface area contributed by atoms with Gasteiger partial charge in [0.15, 0.2) is 0 Å². The first-order valence-electron chi connectivity index (χ1n) is 5.40. The van der Waals surface area contributed by atoms with Crippen LogP contribution in [0.4, 0.5) is 14.5 Å². The van der Waals surface area contributed by atoms with Gasteiger partial charge >= 0.3 is 0 Å². The molecule has 0 saturated carbocycles. The van der Waals surface area contributed by atoms with Gasteiger partial charge in [-0.25, -0.2) is 8.78 Å². The van der Waals surface area contributed by atoms with Crippen LogP contribution < -0.4 is 5.32 Å². The summed E-state index contributed by atoms with van der Waals surface area (Å²) in [7, 11) is 3.37. The Hall–Kier alpha value is -1.65. The highest BCUT2D eigenvalue weighted by atomic mass is 19.1. The van der Waals surface area contributed by atoms with Crippen molar-refractivity contribution in [3.63, 3.8) is 0 Å². The summed E-state index contributed by atoms with van der Waals surface area (Å²) in [6.07, 6.45) is 0.962. The molecule has 0 spiro atoms. The van der Waals surface area contributed by atoms with Crippen LogP contribution in [0, 0.1) is 11.6 Å². The van der Waals surface area contributed by atoms with Crippen molar-refractivity contribution in [2.45, 2.75) is 12.8 Å². The molecule has 0 heterocycles. The first-order chi connectivity index (χ1) is 8.00.